The SMILES string of the molecule is CC(C)c1c(O)nc(C2CN3CCCC3CO2)[nH]c1=O. The van der Waals surface area contributed by atoms with Gasteiger partial charge >= 0.3 is 0 Å². The average molecular weight is 279 g/mol. The van der Waals surface area contributed by atoms with Crippen LogP contribution in [0.25, 0.3) is 0 Å². The molecule has 20 heavy (non-hydrogen) atoms. The van der Waals surface area contributed by atoms with Crippen LogP contribution in [0.4, 0.5) is 0 Å². The maximum absolute atomic E-state index is 12.0. The van der Waals surface area contributed by atoms with Crippen LogP contribution in [0.15, 0.2) is 4.79 Å². The van der Waals surface area contributed by atoms with Crippen molar-refractivity contribution in [1.82, 2.24) is 14.9 Å². The Morgan fingerprint density at radius 1 is 1.50 bits per heavy atom. The standard InChI is InChI=1S/C14H21N3O3/c1-8(2)11-13(18)15-12(16-14(11)19)10-6-17-5-3-4-9(17)7-20-10/h8-10H,3-7H2,1-2H3,(H2,15,16,18,19). The van der Waals surface area contributed by atoms with Crippen molar-refractivity contribution in [2.75, 3.05) is 19.7 Å². The van der Waals surface area contributed by atoms with Gasteiger partial charge in [0.05, 0.1) is 12.2 Å². The van der Waals surface area contributed by atoms with E-state index in [1.807, 2.05) is 13.8 Å². The highest BCUT2D eigenvalue weighted by molar-refractivity contribution is 5.26. The summed E-state index contributed by atoms with van der Waals surface area (Å²) in [5, 5.41) is 9.96. The molecule has 0 amide bonds. The molecular formula is C14H21N3O3. The van der Waals surface area contributed by atoms with Gasteiger partial charge in [0.2, 0.25) is 5.88 Å². The van der Waals surface area contributed by atoms with Crippen LogP contribution in [-0.4, -0.2) is 45.7 Å². The molecule has 6 heteroatoms. The Hall–Kier alpha value is -1.40. The minimum Gasteiger partial charge on any atom is -0.493 e. The third kappa shape index (κ3) is 2.33. The maximum atomic E-state index is 12.0. The van der Waals surface area contributed by atoms with E-state index in [0.29, 0.717) is 24.0 Å². The smallest absolute Gasteiger partial charge is 0.258 e. The van der Waals surface area contributed by atoms with E-state index in [1.165, 1.54) is 12.8 Å². The van der Waals surface area contributed by atoms with Crippen LogP contribution in [0.5, 0.6) is 5.88 Å². The summed E-state index contributed by atoms with van der Waals surface area (Å²) in [7, 11) is 0. The quantitative estimate of drug-likeness (QED) is 0.848. The topological polar surface area (TPSA) is 78.5 Å². The lowest BCUT2D eigenvalue weighted by Gasteiger charge is -2.34. The second-order valence-electron chi connectivity index (χ2n) is 5.96. The summed E-state index contributed by atoms with van der Waals surface area (Å²) >= 11 is 0. The number of rotatable bonds is 2. The lowest BCUT2D eigenvalue weighted by Crippen LogP contribution is -2.43. The number of ether oxygens (including phenoxy) is 1. The monoisotopic (exact) mass is 279 g/mol. The van der Waals surface area contributed by atoms with Gasteiger partial charge in [-0.3, -0.25) is 9.69 Å². The molecule has 3 heterocycles. The summed E-state index contributed by atoms with van der Waals surface area (Å²) in [5.74, 6) is 0.198. The molecule has 0 aliphatic carbocycles. The molecule has 2 unspecified atom stereocenters. The Bertz CT molecular complexity index is 555. The van der Waals surface area contributed by atoms with Crippen LogP contribution in [0.3, 0.4) is 0 Å². The second-order valence-corrected chi connectivity index (χ2v) is 5.96. The van der Waals surface area contributed by atoms with Gasteiger partial charge in [-0.1, -0.05) is 13.8 Å². The zero-order valence-corrected chi connectivity index (χ0v) is 11.9. The van der Waals surface area contributed by atoms with Crippen LogP contribution in [0.1, 0.15) is 50.1 Å². The van der Waals surface area contributed by atoms with Crippen molar-refractivity contribution in [2.24, 2.45) is 0 Å². The molecule has 0 spiro atoms. The maximum Gasteiger partial charge on any atom is 0.258 e. The van der Waals surface area contributed by atoms with Gasteiger partial charge in [-0.15, -0.1) is 0 Å². The number of morpholine rings is 1. The number of nitrogens with one attached hydrogen (secondary N) is 1. The van der Waals surface area contributed by atoms with E-state index < -0.39 is 0 Å². The molecule has 2 aliphatic rings. The van der Waals surface area contributed by atoms with Crippen molar-refractivity contribution >= 4 is 0 Å². The van der Waals surface area contributed by atoms with Crippen LogP contribution >= 0.6 is 0 Å². The molecule has 110 valence electrons. The fourth-order valence-electron chi connectivity index (χ4n) is 3.14. The zero-order valence-electron chi connectivity index (χ0n) is 11.9. The van der Waals surface area contributed by atoms with E-state index in [0.717, 1.165) is 13.1 Å². The zero-order chi connectivity index (χ0) is 14.3. The molecule has 0 radical (unpaired) electrons. The second kappa shape index (κ2) is 5.18. The van der Waals surface area contributed by atoms with E-state index in [9.17, 15) is 9.90 Å². The molecule has 2 atom stereocenters. The van der Waals surface area contributed by atoms with Crippen molar-refractivity contribution in [3.05, 3.63) is 21.7 Å². The van der Waals surface area contributed by atoms with Gasteiger partial charge in [-0.2, -0.15) is 4.98 Å². The van der Waals surface area contributed by atoms with Gasteiger partial charge < -0.3 is 14.8 Å². The number of hydrogen-bond donors (Lipinski definition) is 2. The number of aromatic hydroxyl groups is 1. The van der Waals surface area contributed by atoms with Gasteiger partial charge in [-0.25, -0.2) is 0 Å². The normalized spacial score (nSPS) is 26.9. The molecule has 1 aromatic heterocycles. The fraction of sp³-hybridized carbons (Fsp3) is 0.714. The van der Waals surface area contributed by atoms with E-state index in [1.54, 1.807) is 0 Å². The van der Waals surface area contributed by atoms with E-state index in [-0.39, 0.29) is 23.5 Å². The van der Waals surface area contributed by atoms with Crippen molar-refractivity contribution in [3.63, 3.8) is 0 Å². The van der Waals surface area contributed by atoms with Gasteiger partial charge in [0, 0.05) is 12.6 Å². The largest absolute Gasteiger partial charge is 0.493 e. The lowest BCUT2D eigenvalue weighted by atomic mass is 10.1. The first kappa shape index (κ1) is 13.6. The first-order chi connectivity index (χ1) is 9.56. The van der Waals surface area contributed by atoms with Crippen LogP contribution in [-0.2, 0) is 4.74 Å². The first-order valence-corrected chi connectivity index (χ1v) is 7.25. The number of aromatic nitrogens is 2. The Morgan fingerprint density at radius 3 is 3.00 bits per heavy atom. The van der Waals surface area contributed by atoms with Crippen LogP contribution in [0, 0.1) is 0 Å². The van der Waals surface area contributed by atoms with Crippen molar-refractivity contribution in [1.29, 1.82) is 0 Å². The fourth-order valence-corrected chi connectivity index (χ4v) is 3.14. The average Bonchev–Trinajstić information content (AvgIpc) is 2.84. The Morgan fingerprint density at radius 2 is 2.30 bits per heavy atom. The van der Waals surface area contributed by atoms with E-state index in [4.69, 9.17) is 4.74 Å². The number of hydrogen-bond acceptors (Lipinski definition) is 5. The Kier molecular flexibility index (Phi) is 3.52. The molecule has 2 aliphatic heterocycles. The number of aromatic amines is 1. The molecule has 2 fully saturated rings. The minimum atomic E-state index is -0.269. The van der Waals surface area contributed by atoms with Gasteiger partial charge in [-0.05, 0) is 25.3 Å². The number of nitrogens with zero attached hydrogens (tertiary/aromatic N) is 2. The predicted octanol–water partition coefficient (Wildman–Crippen LogP) is 1.13. The van der Waals surface area contributed by atoms with E-state index in [2.05, 4.69) is 14.9 Å². The Labute approximate surface area is 117 Å². The van der Waals surface area contributed by atoms with Crippen LogP contribution < -0.4 is 5.56 Å². The Balaban J connectivity index is 1.86. The lowest BCUT2D eigenvalue weighted by molar-refractivity contribution is -0.0544. The molecule has 0 saturated carbocycles. The first-order valence-electron chi connectivity index (χ1n) is 7.25. The highest BCUT2D eigenvalue weighted by atomic mass is 16.5. The van der Waals surface area contributed by atoms with Crippen molar-refractivity contribution in [3.8, 4) is 5.88 Å². The summed E-state index contributed by atoms with van der Waals surface area (Å²) in [6.45, 7) is 6.19. The molecule has 0 aromatic carbocycles. The third-order valence-electron chi connectivity index (χ3n) is 4.23. The van der Waals surface area contributed by atoms with Crippen LogP contribution in [0.2, 0.25) is 0 Å². The summed E-state index contributed by atoms with van der Waals surface area (Å²) in [6.07, 6.45) is 2.11. The number of H-pyrrole nitrogens is 1. The summed E-state index contributed by atoms with van der Waals surface area (Å²) in [5.41, 5.74) is 0.0678. The molecule has 2 saturated heterocycles. The molecule has 2 N–H and O–H groups in total. The van der Waals surface area contributed by atoms with Gasteiger partial charge in [0.25, 0.3) is 5.56 Å². The highest BCUT2D eigenvalue weighted by Crippen LogP contribution is 2.29. The molecule has 0 bridgehead atoms. The molecule has 3 rings (SSSR count). The highest BCUT2D eigenvalue weighted by Gasteiger charge is 2.34. The van der Waals surface area contributed by atoms with Crippen molar-refractivity contribution < 1.29 is 9.84 Å². The summed E-state index contributed by atoms with van der Waals surface area (Å²) < 4.78 is 5.80. The molecule has 6 nitrogen and oxygen atoms in total. The molecular weight excluding hydrogens is 258 g/mol. The summed E-state index contributed by atoms with van der Waals surface area (Å²) in [6, 6.07) is 0.501. The van der Waals surface area contributed by atoms with Gasteiger partial charge in [0.15, 0.2) is 0 Å². The third-order valence-corrected chi connectivity index (χ3v) is 4.23. The number of fused-ring (bicyclic) bond motifs is 1. The summed E-state index contributed by atoms with van der Waals surface area (Å²) in [4.78, 5) is 21.3. The van der Waals surface area contributed by atoms with Crippen molar-refractivity contribution in [2.45, 2.75) is 44.8 Å². The molecule has 1 aromatic rings. The minimum absolute atomic E-state index is 0.0597. The van der Waals surface area contributed by atoms with Gasteiger partial charge in [0.1, 0.15) is 11.9 Å². The van der Waals surface area contributed by atoms with E-state index >= 15 is 0 Å². The predicted molar refractivity (Wildman–Crippen MR) is 73.9 cm³/mol.